The lowest BCUT2D eigenvalue weighted by atomic mass is 10.1. The van der Waals surface area contributed by atoms with Crippen molar-refractivity contribution < 1.29 is 4.79 Å². The molecule has 0 aromatic heterocycles. The Morgan fingerprint density at radius 2 is 2.25 bits per heavy atom. The molecule has 0 aromatic carbocycles. The maximum atomic E-state index is 10.0. The maximum Gasteiger partial charge on any atom is 0.119 e. The van der Waals surface area contributed by atoms with Gasteiger partial charge < -0.3 is 4.79 Å². The third kappa shape index (κ3) is 4.41. The lowest BCUT2D eigenvalue weighted by Crippen LogP contribution is -1.96. The number of rotatable bonds is 6. The van der Waals surface area contributed by atoms with Crippen molar-refractivity contribution >= 4 is 27.9 Å². The Bertz CT molecular complexity index is 122. The lowest BCUT2D eigenvalue weighted by Gasteiger charge is -2.05. The van der Waals surface area contributed by atoms with Crippen molar-refractivity contribution in [2.75, 3.05) is 5.75 Å². The van der Waals surface area contributed by atoms with E-state index in [1.807, 2.05) is 10.8 Å². The van der Waals surface area contributed by atoms with Crippen LogP contribution in [-0.4, -0.2) is 17.3 Å². The molecule has 0 radical (unpaired) electrons. The molecule has 1 fully saturated rings. The highest BCUT2D eigenvalue weighted by Gasteiger charge is 2.15. The third-order valence-corrected chi connectivity index (χ3v) is 5.08. The highest BCUT2D eigenvalue weighted by Crippen LogP contribution is 2.39. The minimum atomic E-state index is 0.757. The van der Waals surface area contributed by atoms with E-state index in [0.29, 0.717) is 0 Å². The summed E-state index contributed by atoms with van der Waals surface area (Å²) in [7, 11) is 4.06. The molecule has 0 spiro atoms. The summed E-state index contributed by atoms with van der Waals surface area (Å²) in [6.07, 6.45) is 8.17. The normalized spacial score (nSPS) is 22.8. The van der Waals surface area contributed by atoms with Crippen LogP contribution >= 0.6 is 21.6 Å². The van der Waals surface area contributed by atoms with Crippen molar-refractivity contribution in [3.63, 3.8) is 0 Å². The molecule has 1 nitrogen and oxygen atoms in total. The van der Waals surface area contributed by atoms with E-state index in [2.05, 4.69) is 10.8 Å². The summed E-state index contributed by atoms with van der Waals surface area (Å²) in [4.78, 5) is 10.0. The second-order valence-electron chi connectivity index (χ2n) is 3.13. The van der Waals surface area contributed by atoms with Crippen LogP contribution in [0.1, 0.15) is 38.5 Å². The largest absolute Gasteiger partial charge is 0.303 e. The first-order valence-electron chi connectivity index (χ1n) is 4.65. The van der Waals surface area contributed by atoms with Crippen LogP contribution in [0.15, 0.2) is 0 Å². The average molecular weight is 204 g/mol. The Hall–Kier alpha value is 0.370. The van der Waals surface area contributed by atoms with Crippen molar-refractivity contribution in [2.24, 2.45) is 0 Å². The molecule has 0 saturated carbocycles. The summed E-state index contributed by atoms with van der Waals surface area (Å²) in [6, 6.07) is 0. The molecule has 0 N–H and O–H groups in total. The number of unbranched alkanes of at least 4 members (excludes halogenated alkanes) is 3. The van der Waals surface area contributed by atoms with Crippen molar-refractivity contribution in [1.29, 1.82) is 0 Å². The van der Waals surface area contributed by atoms with Gasteiger partial charge in [-0.05, 0) is 19.3 Å². The number of carbonyl (C=O) groups is 1. The molecule has 0 amide bonds. The topological polar surface area (TPSA) is 17.1 Å². The smallest absolute Gasteiger partial charge is 0.119 e. The van der Waals surface area contributed by atoms with Gasteiger partial charge in [-0.3, -0.25) is 0 Å². The summed E-state index contributed by atoms with van der Waals surface area (Å²) < 4.78 is 0. The van der Waals surface area contributed by atoms with Crippen LogP contribution < -0.4 is 0 Å². The molecule has 12 heavy (non-hydrogen) atoms. The fourth-order valence-electron chi connectivity index (χ4n) is 1.34. The van der Waals surface area contributed by atoms with E-state index in [-0.39, 0.29) is 0 Å². The van der Waals surface area contributed by atoms with Crippen molar-refractivity contribution in [3.05, 3.63) is 0 Å². The lowest BCUT2D eigenvalue weighted by molar-refractivity contribution is -0.107. The molecule has 1 saturated heterocycles. The van der Waals surface area contributed by atoms with E-state index in [0.717, 1.165) is 24.4 Å². The van der Waals surface area contributed by atoms with Crippen LogP contribution in [0.4, 0.5) is 0 Å². The van der Waals surface area contributed by atoms with Gasteiger partial charge in [0.15, 0.2) is 0 Å². The summed E-state index contributed by atoms with van der Waals surface area (Å²) >= 11 is 0. The van der Waals surface area contributed by atoms with Crippen LogP contribution in [0.3, 0.4) is 0 Å². The SMILES string of the molecule is O=CCCCCC[C@@H]1CCSS1. The second kappa shape index (κ2) is 6.84. The van der Waals surface area contributed by atoms with Gasteiger partial charge in [-0.15, -0.1) is 0 Å². The fraction of sp³-hybridized carbons (Fsp3) is 0.889. The van der Waals surface area contributed by atoms with Gasteiger partial charge in [0.05, 0.1) is 0 Å². The van der Waals surface area contributed by atoms with Crippen LogP contribution in [0, 0.1) is 0 Å². The van der Waals surface area contributed by atoms with Crippen LogP contribution in [0.2, 0.25) is 0 Å². The molecule has 70 valence electrons. The Labute approximate surface area is 82.5 Å². The molecular formula is C9H16OS2. The minimum absolute atomic E-state index is 0.757. The average Bonchev–Trinajstić information content (AvgIpc) is 2.57. The molecule has 0 bridgehead atoms. The third-order valence-electron chi connectivity index (χ3n) is 2.08. The zero-order valence-electron chi connectivity index (χ0n) is 7.33. The molecule has 1 atom stereocenters. The predicted molar refractivity (Wildman–Crippen MR) is 57.6 cm³/mol. The Balaban J connectivity index is 1.84. The zero-order valence-corrected chi connectivity index (χ0v) is 8.96. The van der Waals surface area contributed by atoms with Crippen molar-refractivity contribution in [3.8, 4) is 0 Å². The molecule has 0 aliphatic carbocycles. The van der Waals surface area contributed by atoms with Gasteiger partial charge in [0.2, 0.25) is 0 Å². The van der Waals surface area contributed by atoms with Crippen LogP contribution in [0.25, 0.3) is 0 Å². The monoisotopic (exact) mass is 204 g/mol. The Morgan fingerprint density at radius 1 is 1.33 bits per heavy atom. The Morgan fingerprint density at radius 3 is 2.92 bits per heavy atom. The van der Waals surface area contributed by atoms with E-state index in [1.165, 1.54) is 31.4 Å². The molecule has 0 unspecified atom stereocenters. The highest BCUT2D eigenvalue weighted by atomic mass is 33.1. The van der Waals surface area contributed by atoms with Gasteiger partial charge in [-0.1, -0.05) is 34.4 Å². The fourth-order valence-corrected chi connectivity index (χ4v) is 4.37. The maximum absolute atomic E-state index is 10.0. The predicted octanol–water partition coefficient (Wildman–Crippen LogP) is 3.29. The van der Waals surface area contributed by atoms with Crippen LogP contribution in [-0.2, 0) is 4.79 Å². The van der Waals surface area contributed by atoms with E-state index >= 15 is 0 Å². The zero-order chi connectivity index (χ0) is 8.65. The number of hydrogen-bond acceptors (Lipinski definition) is 3. The highest BCUT2D eigenvalue weighted by molar-refractivity contribution is 8.77. The molecule has 1 rings (SSSR count). The van der Waals surface area contributed by atoms with E-state index in [1.54, 1.807) is 0 Å². The first-order valence-corrected chi connectivity index (χ1v) is 7.03. The quantitative estimate of drug-likeness (QED) is 0.375. The molecule has 1 aliphatic heterocycles. The van der Waals surface area contributed by atoms with E-state index in [9.17, 15) is 4.79 Å². The van der Waals surface area contributed by atoms with Crippen molar-refractivity contribution in [1.82, 2.24) is 0 Å². The first-order chi connectivity index (χ1) is 5.93. The van der Waals surface area contributed by atoms with E-state index in [4.69, 9.17) is 0 Å². The summed E-state index contributed by atoms with van der Waals surface area (Å²) in [5.41, 5.74) is 0. The number of aldehydes is 1. The van der Waals surface area contributed by atoms with Gasteiger partial charge in [-0.25, -0.2) is 0 Å². The van der Waals surface area contributed by atoms with Gasteiger partial charge in [0.1, 0.15) is 6.29 Å². The van der Waals surface area contributed by atoms with Crippen molar-refractivity contribution in [2.45, 2.75) is 43.8 Å². The van der Waals surface area contributed by atoms with Crippen LogP contribution in [0.5, 0.6) is 0 Å². The minimum Gasteiger partial charge on any atom is -0.303 e. The molecule has 3 heteroatoms. The first kappa shape index (κ1) is 10.5. The summed E-state index contributed by atoms with van der Waals surface area (Å²) in [6.45, 7) is 0. The Kier molecular flexibility index (Phi) is 5.96. The van der Waals surface area contributed by atoms with E-state index < -0.39 is 0 Å². The molecule has 0 aromatic rings. The second-order valence-corrected chi connectivity index (χ2v) is 5.92. The van der Waals surface area contributed by atoms with Gasteiger partial charge >= 0.3 is 0 Å². The number of carbonyl (C=O) groups excluding carboxylic acids is 1. The number of hydrogen-bond donors (Lipinski definition) is 0. The molecular weight excluding hydrogens is 188 g/mol. The summed E-state index contributed by atoms with van der Waals surface area (Å²) in [5.74, 6) is 1.34. The van der Waals surface area contributed by atoms with Gasteiger partial charge in [-0.2, -0.15) is 0 Å². The van der Waals surface area contributed by atoms with Gasteiger partial charge in [0, 0.05) is 17.4 Å². The molecule has 1 aliphatic rings. The molecule has 1 heterocycles. The summed E-state index contributed by atoms with van der Waals surface area (Å²) in [5, 5.41) is 0.909. The standard InChI is InChI=1S/C9H16OS2/c10-7-4-2-1-3-5-9-6-8-11-12-9/h7,9H,1-6,8H2/t9-/m1/s1. The van der Waals surface area contributed by atoms with Gasteiger partial charge in [0.25, 0.3) is 0 Å².